The normalized spacial score (nSPS) is 29.0. The molecule has 0 bridgehead atoms. The number of aliphatic hydroxyl groups is 1. The molecule has 0 radical (unpaired) electrons. The molecular formula is C58H79N3O70S8. The van der Waals surface area contributed by atoms with Crippen LogP contribution in [0, 0.1) is 0 Å². The van der Waals surface area contributed by atoms with E-state index in [2.05, 4.69) is 16.7 Å². The average Bonchev–Trinajstić information content (AvgIpc) is 0.747. The maximum Gasteiger partial charge on any atom is 0.397 e. The van der Waals surface area contributed by atoms with Gasteiger partial charge in [-0.3, -0.25) is 94.0 Å². The minimum absolute atomic E-state index is 0.108. The largest absolute Gasteiger partial charge is 0.481 e. The second kappa shape index (κ2) is 50.7. The monoisotopic (exact) mass is 2190 g/mol. The Bertz CT molecular complexity index is 5500. The Hall–Kier alpha value is -9.85. The van der Waals surface area contributed by atoms with Gasteiger partial charge in [0.2, 0.25) is 6.29 Å². The summed E-state index contributed by atoms with van der Waals surface area (Å²) in [6, 6.07) is -9.81. The third-order valence-electron chi connectivity index (χ3n) is 17.6. The summed E-state index contributed by atoms with van der Waals surface area (Å²) in [7, 11) is -50.5. The predicted molar refractivity (Wildman–Crippen MR) is 403 cm³/mol. The van der Waals surface area contributed by atoms with Crippen molar-refractivity contribution in [2.45, 2.75) is 230 Å². The molecule has 0 aliphatic carbocycles. The molecule has 139 heavy (non-hydrogen) atoms. The fourth-order valence-corrected chi connectivity index (χ4v) is 16.0. The first-order valence-corrected chi connectivity index (χ1v) is 48.3. The summed E-state index contributed by atoms with van der Waals surface area (Å²) in [4.78, 5) is 192. The minimum Gasteiger partial charge on any atom is -0.481 e. The average molecular weight is 2190 g/mol. The standard InChI is InChI=1S/C58H79N3O70S8/c62-22(63)1-7-29(76)111-14-18(13-28(74)75)115-54-36(60-133(90,91)92)42(120-31(78)9-3-24(66)67)39(20(117-54)16-113-136(99,100)101)124-57-51(131-139(108,109)110)47(123-34(81)12-6-27(72)73)45(49(129-57)53(85)86)127-56-37(61-134(93,94)95)43(121-32(79)10-4-25(68)69)40(21(118-56)17-114-137(102,103)104)125-58-50(130-138(105,106)107)46(122-33(80)11-5-26(70)71)44(48(128-58)52(83)84)126-55-35(59-132(87,88)89)41(119-30(77)8-2-23(64)65)38(82)19(116-55)15-112-135(96,97)98/h13,19-21,35-51,54-61,82H,1-12,14-17H2,(H,62,63)(H,64,65)(H,66,67)(H,68,69)(H,70,71)(H,72,73)(H,74,75)(H,83,84)(H,85,86)(H,87,88,89)(H,90,91,92)(H,93,94,95)(H,96,97,98)(H,99,100,101)(H,102,103,104)(H,105,106,107)(H,108,109,110)/b18-13+. The van der Waals surface area contributed by atoms with Crippen molar-refractivity contribution in [3.8, 4) is 0 Å². The number of nitrogens with one attached hydrogen (secondary N) is 3. The Labute approximate surface area is 775 Å². The number of carboxylic acid groups (broad SMARTS) is 9. The highest BCUT2D eigenvalue weighted by atomic mass is 32.3. The van der Waals surface area contributed by atoms with Crippen LogP contribution >= 0.6 is 0 Å². The molecule has 0 amide bonds. The van der Waals surface area contributed by atoms with Crippen molar-refractivity contribution < 1.29 is 323 Å². The third kappa shape index (κ3) is 42.1. The van der Waals surface area contributed by atoms with Crippen LogP contribution in [-0.4, -0.2) is 424 Å². The van der Waals surface area contributed by atoms with Crippen LogP contribution in [0.2, 0.25) is 0 Å². The molecule has 5 fully saturated rings. The van der Waals surface area contributed by atoms with E-state index in [0.29, 0.717) is 0 Å². The summed E-state index contributed by atoms with van der Waals surface area (Å²) >= 11 is 0. The number of hydrogen-bond donors (Lipinski definition) is 21. The van der Waals surface area contributed by atoms with E-state index in [4.69, 9.17) is 85.1 Å². The van der Waals surface area contributed by atoms with Gasteiger partial charge in [0.1, 0.15) is 79.3 Å². The van der Waals surface area contributed by atoms with E-state index < -0.39 is 435 Å². The van der Waals surface area contributed by atoms with Crippen LogP contribution in [0.3, 0.4) is 0 Å². The number of rotatable bonds is 57. The molecule has 21 N–H and O–H groups in total. The summed E-state index contributed by atoms with van der Waals surface area (Å²) < 4.78 is 400. The maximum absolute atomic E-state index is 14.2. The van der Waals surface area contributed by atoms with Gasteiger partial charge in [-0.15, -0.1) is 0 Å². The molecular weight excluding hydrogens is 2120 g/mol. The van der Waals surface area contributed by atoms with Crippen LogP contribution in [-0.2, 0) is 252 Å². The molecule has 25 atom stereocenters. The van der Waals surface area contributed by atoms with Crippen molar-refractivity contribution in [1.82, 2.24) is 14.2 Å². The maximum atomic E-state index is 14.2. The number of carboxylic acids is 9. The molecule has 0 aromatic heterocycles. The number of ether oxygens (including phenoxy) is 16. The lowest BCUT2D eigenvalue weighted by Crippen LogP contribution is -2.72. The van der Waals surface area contributed by atoms with Crippen molar-refractivity contribution in [3.05, 3.63) is 11.8 Å². The van der Waals surface area contributed by atoms with E-state index in [1.165, 1.54) is 9.44 Å². The summed E-state index contributed by atoms with van der Waals surface area (Å²) in [6.45, 7) is -7.88. The number of carbonyl (C=O) groups is 15. The zero-order chi connectivity index (χ0) is 106. The van der Waals surface area contributed by atoms with E-state index in [0.717, 1.165) is 4.72 Å². The topological polar surface area (TPSA) is 1120 Å². The van der Waals surface area contributed by atoms with E-state index >= 15 is 0 Å². The van der Waals surface area contributed by atoms with Crippen LogP contribution in [0.15, 0.2) is 11.8 Å². The van der Waals surface area contributed by atoms with Gasteiger partial charge in [0.05, 0.1) is 103 Å². The first kappa shape index (κ1) is 120. The van der Waals surface area contributed by atoms with E-state index in [9.17, 15) is 222 Å². The zero-order valence-corrected chi connectivity index (χ0v) is 74.9. The van der Waals surface area contributed by atoms with Gasteiger partial charge in [0.15, 0.2) is 80.1 Å². The summed E-state index contributed by atoms with van der Waals surface area (Å²) in [6.07, 6.45) is -92.3. The van der Waals surface area contributed by atoms with Crippen molar-refractivity contribution in [2.75, 3.05) is 26.4 Å². The fourth-order valence-electron chi connectivity index (χ4n) is 12.4. The van der Waals surface area contributed by atoms with Crippen molar-refractivity contribution in [2.24, 2.45) is 0 Å². The number of aliphatic hydroxyl groups excluding tert-OH is 1. The molecule has 25 unspecified atom stereocenters. The molecule has 5 aliphatic rings. The first-order valence-electron chi connectivity index (χ1n) is 37.1. The molecule has 0 aromatic rings. The Morgan fingerprint density at radius 3 is 0.835 bits per heavy atom. The van der Waals surface area contributed by atoms with Gasteiger partial charge in [0, 0.05) is 0 Å². The fraction of sp³-hybridized carbons (Fsp3) is 0.707. The smallest absolute Gasteiger partial charge is 0.397 e. The number of hydrogen-bond acceptors (Lipinski definition) is 53. The second-order valence-corrected chi connectivity index (χ2v) is 36.8. The lowest BCUT2D eigenvalue weighted by Gasteiger charge is -2.51. The molecule has 0 spiro atoms. The zero-order valence-electron chi connectivity index (χ0n) is 68.4. The lowest BCUT2D eigenvalue weighted by molar-refractivity contribution is -0.373. The van der Waals surface area contributed by atoms with Gasteiger partial charge in [-0.05, 0) is 0 Å². The first-order chi connectivity index (χ1) is 63.6. The molecule has 0 saturated carbocycles. The third-order valence-corrected chi connectivity index (χ3v) is 21.5. The molecule has 5 heterocycles. The molecule has 0 aromatic carbocycles. The highest BCUT2D eigenvalue weighted by Crippen LogP contribution is 2.42. The highest BCUT2D eigenvalue weighted by Gasteiger charge is 2.65. The van der Waals surface area contributed by atoms with Gasteiger partial charge in [0.25, 0.3) is 0 Å². The molecule has 73 nitrogen and oxygen atoms in total. The summed E-state index contributed by atoms with van der Waals surface area (Å²) in [5.41, 5.74) is 0. The van der Waals surface area contributed by atoms with Gasteiger partial charge in [-0.1, -0.05) is 0 Å². The van der Waals surface area contributed by atoms with Gasteiger partial charge in [-0.25, -0.2) is 35.3 Å². The Kier molecular flexibility index (Phi) is 43.6. The van der Waals surface area contributed by atoms with Crippen LogP contribution in [0.1, 0.15) is 77.0 Å². The van der Waals surface area contributed by atoms with Crippen molar-refractivity contribution in [3.63, 3.8) is 0 Å². The quantitative estimate of drug-likeness (QED) is 0.00884. The van der Waals surface area contributed by atoms with Gasteiger partial charge < -0.3 is 127 Å². The Morgan fingerprint density at radius 1 is 0.281 bits per heavy atom. The minimum atomic E-state index is -6.74. The molecule has 794 valence electrons. The summed E-state index contributed by atoms with van der Waals surface area (Å²) in [5.74, 6) is -32.7. The Balaban J connectivity index is 1.94. The lowest BCUT2D eigenvalue weighted by atomic mass is 9.93. The number of aliphatic carboxylic acids is 9. The molecule has 5 aliphatic heterocycles. The predicted octanol–water partition coefficient (Wildman–Crippen LogP) is -11.9. The molecule has 81 heteroatoms. The van der Waals surface area contributed by atoms with Crippen molar-refractivity contribution >= 4 is 172 Å². The van der Waals surface area contributed by atoms with Gasteiger partial charge >= 0.3 is 172 Å². The Morgan fingerprint density at radius 2 is 0.547 bits per heavy atom. The van der Waals surface area contributed by atoms with Crippen LogP contribution in [0.4, 0.5) is 0 Å². The second-order valence-electron chi connectivity index (χ2n) is 27.9. The van der Waals surface area contributed by atoms with Crippen LogP contribution < -0.4 is 14.2 Å². The SMILES string of the molecule is O=C(O)/C=C(\COC(=O)CCC(=O)O)OC1OC(COS(=O)(=O)O)C(OC2OC(C(=O)O)C(OC3OC(COS(=O)(=O)O)C(OC4OC(C(=O)O)C(OC5OC(COS(=O)(=O)O)C(O)C(OC(=O)CCC(=O)O)C5NS(=O)(=O)O)C(OC(=O)CCC(=O)O)C4OS(=O)(=O)O)C(OC(=O)CCC(=O)O)C3NS(=O)(=O)O)C(OC(=O)CCC(=O)O)C2OS(=O)(=O)O)C(OC(=O)CCC(=O)O)C1NS(=O)(=O)O. The van der Waals surface area contributed by atoms with E-state index in [-0.39, 0.29) is 6.08 Å². The van der Waals surface area contributed by atoms with E-state index in [1.54, 1.807) is 0 Å². The molecule has 5 rings (SSSR count). The van der Waals surface area contributed by atoms with Crippen molar-refractivity contribution in [1.29, 1.82) is 0 Å². The van der Waals surface area contributed by atoms with Crippen LogP contribution in [0.25, 0.3) is 0 Å². The van der Waals surface area contributed by atoms with Gasteiger partial charge in [-0.2, -0.15) is 81.5 Å². The number of esters is 6. The van der Waals surface area contributed by atoms with Crippen LogP contribution in [0.5, 0.6) is 0 Å². The molecule has 5 saturated heterocycles. The highest BCUT2D eigenvalue weighted by molar-refractivity contribution is 7.84. The number of carbonyl (C=O) groups excluding carboxylic acids is 6. The van der Waals surface area contributed by atoms with E-state index in [1.807, 2.05) is 0 Å². The summed E-state index contributed by atoms with van der Waals surface area (Å²) in [5, 5.41) is 100.